The van der Waals surface area contributed by atoms with Gasteiger partial charge < -0.3 is 4.74 Å². The Kier molecular flexibility index (Phi) is 5.17. The molecule has 0 saturated carbocycles. The van der Waals surface area contributed by atoms with E-state index in [-0.39, 0.29) is 12.0 Å². The maximum absolute atomic E-state index is 12.0. The maximum Gasteiger partial charge on any atom is 0.323 e. The summed E-state index contributed by atoms with van der Waals surface area (Å²) in [5, 5.41) is 4.24. The first-order valence-electron chi connectivity index (χ1n) is 7.54. The summed E-state index contributed by atoms with van der Waals surface area (Å²) < 4.78 is 7.03. The molecule has 1 aliphatic heterocycles. The van der Waals surface area contributed by atoms with Crippen LogP contribution in [0.2, 0.25) is 0 Å². The lowest BCUT2D eigenvalue weighted by Crippen LogP contribution is -2.45. The maximum atomic E-state index is 12.0. The number of carbonyl (C=O) groups is 1. The van der Waals surface area contributed by atoms with Gasteiger partial charge in [-0.1, -0.05) is 6.92 Å². The Morgan fingerprint density at radius 1 is 1.45 bits per heavy atom. The van der Waals surface area contributed by atoms with E-state index in [2.05, 4.69) is 23.1 Å². The molecule has 1 aromatic heterocycles. The summed E-state index contributed by atoms with van der Waals surface area (Å²) in [6, 6.07) is -0.0789. The Bertz CT molecular complexity index is 436. The van der Waals surface area contributed by atoms with Crippen LogP contribution in [0.25, 0.3) is 0 Å². The number of hydrogen-bond acceptors (Lipinski definition) is 4. The minimum Gasteiger partial charge on any atom is -0.465 e. The van der Waals surface area contributed by atoms with Crippen molar-refractivity contribution < 1.29 is 9.53 Å². The van der Waals surface area contributed by atoms with Crippen LogP contribution in [0.3, 0.4) is 0 Å². The smallest absolute Gasteiger partial charge is 0.323 e. The molecule has 2 rings (SSSR count). The molecule has 1 aliphatic rings. The Labute approximate surface area is 120 Å². The van der Waals surface area contributed by atoms with Gasteiger partial charge in [-0.15, -0.1) is 0 Å². The monoisotopic (exact) mass is 279 g/mol. The van der Waals surface area contributed by atoms with Gasteiger partial charge in [0.15, 0.2) is 0 Å². The first-order chi connectivity index (χ1) is 9.65. The van der Waals surface area contributed by atoms with Crippen LogP contribution in [0.4, 0.5) is 0 Å². The van der Waals surface area contributed by atoms with Gasteiger partial charge in [-0.2, -0.15) is 5.10 Å². The van der Waals surface area contributed by atoms with Crippen molar-refractivity contribution in [1.29, 1.82) is 0 Å². The van der Waals surface area contributed by atoms with Crippen molar-refractivity contribution in [2.24, 2.45) is 7.05 Å². The van der Waals surface area contributed by atoms with Gasteiger partial charge in [0, 0.05) is 13.2 Å². The SMILES string of the molecule is CCOC(=O)C(CC)N1CCC(c2cnn(C)c2)CC1. The summed E-state index contributed by atoms with van der Waals surface area (Å²) in [5.41, 5.74) is 1.32. The molecule has 1 aromatic rings. The van der Waals surface area contributed by atoms with Crippen molar-refractivity contribution in [3.8, 4) is 0 Å². The summed E-state index contributed by atoms with van der Waals surface area (Å²) in [4.78, 5) is 14.2. The summed E-state index contributed by atoms with van der Waals surface area (Å²) >= 11 is 0. The zero-order valence-electron chi connectivity index (χ0n) is 12.7. The van der Waals surface area contributed by atoms with E-state index in [1.165, 1.54) is 5.56 Å². The van der Waals surface area contributed by atoms with Crippen molar-refractivity contribution in [3.63, 3.8) is 0 Å². The third-order valence-electron chi connectivity index (χ3n) is 4.11. The molecule has 1 atom stereocenters. The van der Waals surface area contributed by atoms with Gasteiger partial charge in [-0.25, -0.2) is 0 Å². The highest BCUT2D eigenvalue weighted by Gasteiger charge is 2.30. The van der Waals surface area contributed by atoms with E-state index in [0.717, 1.165) is 32.4 Å². The first kappa shape index (κ1) is 15.0. The van der Waals surface area contributed by atoms with Gasteiger partial charge >= 0.3 is 5.97 Å². The molecule has 2 heterocycles. The molecule has 0 aromatic carbocycles. The number of piperidine rings is 1. The molecule has 1 unspecified atom stereocenters. The van der Waals surface area contributed by atoms with E-state index < -0.39 is 0 Å². The highest BCUT2D eigenvalue weighted by atomic mass is 16.5. The van der Waals surface area contributed by atoms with Crippen LogP contribution in [0.5, 0.6) is 0 Å². The average Bonchev–Trinajstić information content (AvgIpc) is 2.87. The fourth-order valence-electron chi connectivity index (χ4n) is 3.01. The van der Waals surface area contributed by atoms with Gasteiger partial charge in [0.25, 0.3) is 0 Å². The molecule has 20 heavy (non-hydrogen) atoms. The average molecular weight is 279 g/mol. The highest BCUT2D eigenvalue weighted by Crippen LogP contribution is 2.29. The van der Waals surface area contributed by atoms with Crippen molar-refractivity contribution in [3.05, 3.63) is 18.0 Å². The van der Waals surface area contributed by atoms with Gasteiger partial charge in [0.1, 0.15) is 6.04 Å². The molecule has 0 amide bonds. The van der Waals surface area contributed by atoms with Gasteiger partial charge in [0.05, 0.1) is 12.8 Å². The van der Waals surface area contributed by atoms with E-state index in [4.69, 9.17) is 4.74 Å². The second-order valence-corrected chi connectivity index (χ2v) is 5.43. The Morgan fingerprint density at radius 3 is 2.65 bits per heavy atom. The topological polar surface area (TPSA) is 47.4 Å². The number of carbonyl (C=O) groups excluding carboxylic acids is 1. The lowest BCUT2D eigenvalue weighted by Gasteiger charge is -2.35. The zero-order chi connectivity index (χ0) is 14.5. The van der Waals surface area contributed by atoms with Crippen molar-refractivity contribution >= 4 is 5.97 Å². The second-order valence-electron chi connectivity index (χ2n) is 5.43. The lowest BCUT2D eigenvalue weighted by atomic mass is 9.90. The second kappa shape index (κ2) is 6.88. The molecule has 1 saturated heterocycles. The van der Waals surface area contributed by atoms with E-state index in [1.807, 2.05) is 24.9 Å². The van der Waals surface area contributed by atoms with E-state index in [9.17, 15) is 4.79 Å². The fraction of sp³-hybridized carbons (Fsp3) is 0.733. The third kappa shape index (κ3) is 3.39. The molecule has 5 heteroatoms. The fourth-order valence-corrected chi connectivity index (χ4v) is 3.01. The van der Waals surface area contributed by atoms with E-state index in [0.29, 0.717) is 12.5 Å². The van der Waals surface area contributed by atoms with Crippen molar-refractivity contribution in [2.75, 3.05) is 19.7 Å². The van der Waals surface area contributed by atoms with Crippen LogP contribution in [-0.4, -0.2) is 46.4 Å². The number of aryl methyl sites for hydroxylation is 1. The van der Waals surface area contributed by atoms with Crippen LogP contribution in [0, 0.1) is 0 Å². The lowest BCUT2D eigenvalue weighted by molar-refractivity contribution is -0.150. The number of likely N-dealkylation sites (tertiary alicyclic amines) is 1. The quantitative estimate of drug-likeness (QED) is 0.773. The van der Waals surface area contributed by atoms with Crippen LogP contribution < -0.4 is 0 Å². The largest absolute Gasteiger partial charge is 0.465 e. The van der Waals surface area contributed by atoms with Crippen LogP contribution in [0.15, 0.2) is 12.4 Å². The Morgan fingerprint density at radius 2 is 2.15 bits per heavy atom. The normalized spacial score (nSPS) is 18.9. The summed E-state index contributed by atoms with van der Waals surface area (Å²) in [6.07, 6.45) is 7.05. The summed E-state index contributed by atoms with van der Waals surface area (Å²) in [7, 11) is 1.95. The van der Waals surface area contributed by atoms with Gasteiger partial charge in [0.2, 0.25) is 0 Å². The van der Waals surface area contributed by atoms with Crippen LogP contribution in [-0.2, 0) is 16.6 Å². The Hall–Kier alpha value is -1.36. The summed E-state index contributed by atoms with van der Waals surface area (Å²) in [5.74, 6) is 0.495. The molecule has 0 N–H and O–H groups in total. The van der Waals surface area contributed by atoms with Gasteiger partial charge in [-0.3, -0.25) is 14.4 Å². The molecule has 1 fully saturated rings. The van der Waals surface area contributed by atoms with Crippen LogP contribution >= 0.6 is 0 Å². The predicted octanol–water partition coefficient (Wildman–Crippen LogP) is 1.94. The molecular weight excluding hydrogens is 254 g/mol. The molecular formula is C15H25N3O2. The van der Waals surface area contributed by atoms with Crippen molar-refractivity contribution in [1.82, 2.24) is 14.7 Å². The minimum atomic E-state index is -0.0789. The minimum absolute atomic E-state index is 0.0742. The number of nitrogens with zero attached hydrogens (tertiary/aromatic N) is 3. The number of rotatable bonds is 5. The summed E-state index contributed by atoms with van der Waals surface area (Å²) in [6.45, 7) is 6.28. The molecule has 0 radical (unpaired) electrons. The molecule has 0 aliphatic carbocycles. The van der Waals surface area contributed by atoms with E-state index in [1.54, 1.807) is 0 Å². The standard InChI is InChI=1S/C15H25N3O2/c1-4-14(15(19)20-5-2)18-8-6-12(7-9-18)13-10-16-17(3)11-13/h10-12,14H,4-9H2,1-3H3. The number of esters is 1. The van der Waals surface area contributed by atoms with Gasteiger partial charge in [-0.05, 0) is 50.8 Å². The predicted molar refractivity (Wildman–Crippen MR) is 77.5 cm³/mol. The number of ether oxygens (including phenoxy) is 1. The molecule has 5 nitrogen and oxygen atoms in total. The van der Waals surface area contributed by atoms with E-state index >= 15 is 0 Å². The highest BCUT2D eigenvalue weighted by molar-refractivity contribution is 5.75. The zero-order valence-corrected chi connectivity index (χ0v) is 12.7. The number of hydrogen-bond donors (Lipinski definition) is 0. The Balaban J connectivity index is 1.91. The van der Waals surface area contributed by atoms with Crippen LogP contribution in [0.1, 0.15) is 44.6 Å². The molecule has 112 valence electrons. The third-order valence-corrected chi connectivity index (χ3v) is 4.11. The molecule has 0 bridgehead atoms. The number of aromatic nitrogens is 2. The first-order valence-corrected chi connectivity index (χ1v) is 7.54. The molecule has 0 spiro atoms. The van der Waals surface area contributed by atoms with Crippen molar-refractivity contribution in [2.45, 2.75) is 45.1 Å².